The van der Waals surface area contributed by atoms with Gasteiger partial charge in [0.25, 0.3) is 0 Å². The van der Waals surface area contributed by atoms with Crippen LogP contribution in [0.2, 0.25) is 0 Å². The monoisotopic (exact) mass is 202 g/mol. The Morgan fingerprint density at radius 1 is 1.57 bits per heavy atom. The molecule has 0 spiro atoms. The van der Waals surface area contributed by atoms with E-state index in [0.29, 0.717) is 6.42 Å². The molecule has 0 radical (unpaired) electrons. The van der Waals surface area contributed by atoms with Crippen molar-refractivity contribution in [3.8, 4) is 0 Å². The van der Waals surface area contributed by atoms with E-state index in [2.05, 4.69) is 0 Å². The zero-order chi connectivity index (χ0) is 11.1. The number of carbonyl (C=O) groups is 1. The Bertz CT molecular complexity index is 174. The third kappa shape index (κ3) is 4.58. The van der Waals surface area contributed by atoms with E-state index in [1.165, 1.54) is 0 Å². The van der Waals surface area contributed by atoms with Gasteiger partial charge in [0.2, 0.25) is 5.91 Å². The summed E-state index contributed by atoms with van der Waals surface area (Å²) < 4.78 is 0. The minimum absolute atomic E-state index is 0.00694. The van der Waals surface area contributed by atoms with Crippen molar-refractivity contribution in [2.75, 3.05) is 13.7 Å². The van der Waals surface area contributed by atoms with Crippen LogP contribution in [-0.2, 0) is 4.79 Å². The van der Waals surface area contributed by atoms with Crippen molar-refractivity contribution in [2.24, 2.45) is 5.73 Å². The minimum atomic E-state index is -0.128. The Kier molecular flexibility index (Phi) is 6.49. The number of nitrogens with two attached hydrogens (primary N) is 1. The molecule has 0 aliphatic rings. The first-order chi connectivity index (χ1) is 6.52. The highest BCUT2D eigenvalue weighted by atomic mass is 16.3. The number of hydrogen-bond donors (Lipinski definition) is 2. The molecule has 0 aliphatic carbocycles. The van der Waals surface area contributed by atoms with Crippen LogP contribution in [0.3, 0.4) is 0 Å². The van der Waals surface area contributed by atoms with Gasteiger partial charge in [-0.05, 0) is 13.3 Å². The first kappa shape index (κ1) is 13.4. The fourth-order valence-corrected chi connectivity index (χ4v) is 1.21. The standard InChI is InChI=1S/C10H22N2O2/c1-4-5-9(11)6-10(14)12(3)8(2)7-13/h8-9,13H,4-7,11H2,1-3H3. The second kappa shape index (κ2) is 6.79. The predicted octanol–water partition coefficient (Wildman–Crippen LogP) is 0.343. The summed E-state index contributed by atoms with van der Waals surface area (Å²) in [4.78, 5) is 13.1. The first-order valence-electron chi connectivity index (χ1n) is 5.15. The molecule has 84 valence electrons. The summed E-state index contributed by atoms with van der Waals surface area (Å²) in [7, 11) is 1.70. The van der Waals surface area contributed by atoms with E-state index in [4.69, 9.17) is 10.8 Å². The van der Waals surface area contributed by atoms with Gasteiger partial charge in [0.15, 0.2) is 0 Å². The Balaban J connectivity index is 3.94. The maximum atomic E-state index is 11.6. The summed E-state index contributed by atoms with van der Waals surface area (Å²) in [5, 5.41) is 8.87. The van der Waals surface area contributed by atoms with Crippen molar-refractivity contribution in [1.29, 1.82) is 0 Å². The summed E-state index contributed by atoms with van der Waals surface area (Å²) in [5.41, 5.74) is 5.75. The van der Waals surface area contributed by atoms with E-state index in [-0.39, 0.29) is 24.6 Å². The van der Waals surface area contributed by atoms with Crippen LogP contribution < -0.4 is 5.73 Å². The number of rotatable bonds is 6. The molecule has 0 saturated heterocycles. The van der Waals surface area contributed by atoms with Gasteiger partial charge in [-0.1, -0.05) is 13.3 Å². The van der Waals surface area contributed by atoms with Crippen LogP contribution in [-0.4, -0.2) is 41.7 Å². The van der Waals surface area contributed by atoms with Gasteiger partial charge in [-0.2, -0.15) is 0 Å². The van der Waals surface area contributed by atoms with Gasteiger partial charge >= 0.3 is 0 Å². The molecule has 2 atom stereocenters. The van der Waals surface area contributed by atoms with E-state index in [1.807, 2.05) is 13.8 Å². The minimum Gasteiger partial charge on any atom is -0.394 e. The van der Waals surface area contributed by atoms with Crippen molar-refractivity contribution in [2.45, 2.75) is 45.2 Å². The van der Waals surface area contributed by atoms with E-state index in [1.54, 1.807) is 11.9 Å². The molecule has 0 heterocycles. The summed E-state index contributed by atoms with van der Waals surface area (Å²) in [6.07, 6.45) is 2.23. The molecule has 0 aromatic carbocycles. The summed E-state index contributed by atoms with van der Waals surface area (Å²) in [6, 6.07) is -0.183. The van der Waals surface area contributed by atoms with Gasteiger partial charge in [0.1, 0.15) is 0 Å². The lowest BCUT2D eigenvalue weighted by molar-refractivity contribution is -0.132. The van der Waals surface area contributed by atoms with Crippen molar-refractivity contribution < 1.29 is 9.90 Å². The number of aliphatic hydroxyl groups excluding tert-OH is 1. The van der Waals surface area contributed by atoms with Gasteiger partial charge in [-0.25, -0.2) is 0 Å². The van der Waals surface area contributed by atoms with Crippen LogP contribution in [0, 0.1) is 0 Å². The quantitative estimate of drug-likeness (QED) is 0.653. The summed E-state index contributed by atoms with van der Waals surface area (Å²) in [6.45, 7) is 3.85. The molecular weight excluding hydrogens is 180 g/mol. The molecule has 0 aromatic heterocycles. The lowest BCUT2D eigenvalue weighted by Gasteiger charge is -2.24. The predicted molar refractivity (Wildman–Crippen MR) is 56.8 cm³/mol. The summed E-state index contributed by atoms with van der Waals surface area (Å²) >= 11 is 0. The molecule has 4 heteroatoms. The van der Waals surface area contributed by atoms with E-state index in [9.17, 15) is 4.79 Å². The highest BCUT2D eigenvalue weighted by Gasteiger charge is 2.17. The number of nitrogens with zero attached hydrogens (tertiary/aromatic N) is 1. The molecule has 0 rings (SSSR count). The van der Waals surface area contributed by atoms with Crippen LogP contribution >= 0.6 is 0 Å². The fourth-order valence-electron chi connectivity index (χ4n) is 1.21. The van der Waals surface area contributed by atoms with Gasteiger partial charge in [-0.3, -0.25) is 4.79 Å². The second-order valence-electron chi connectivity index (χ2n) is 3.79. The van der Waals surface area contributed by atoms with Gasteiger partial charge in [0, 0.05) is 19.5 Å². The fraction of sp³-hybridized carbons (Fsp3) is 0.900. The smallest absolute Gasteiger partial charge is 0.224 e. The molecule has 0 fully saturated rings. The number of likely N-dealkylation sites (N-methyl/N-ethyl adjacent to an activating group) is 1. The Morgan fingerprint density at radius 2 is 2.14 bits per heavy atom. The van der Waals surface area contributed by atoms with Crippen molar-refractivity contribution in [1.82, 2.24) is 4.90 Å². The van der Waals surface area contributed by atoms with E-state index >= 15 is 0 Å². The SMILES string of the molecule is CCCC(N)CC(=O)N(C)C(C)CO. The Labute approximate surface area is 86.1 Å². The lowest BCUT2D eigenvalue weighted by atomic mass is 10.1. The maximum Gasteiger partial charge on any atom is 0.224 e. The topological polar surface area (TPSA) is 66.6 Å². The largest absolute Gasteiger partial charge is 0.394 e. The molecule has 14 heavy (non-hydrogen) atoms. The van der Waals surface area contributed by atoms with Gasteiger partial charge in [-0.15, -0.1) is 0 Å². The molecular formula is C10H22N2O2. The average molecular weight is 202 g/mol. The van der Waals surface area contributed by atoms with Gasteiger partial charge < -0.3 is 15.7 Å². The highest BCUT2D eigenvalue weighted by molar-refractivity contribution is 5.76. The maximum absolute atomic E-state index is 11.6. The zero-order valence-electron chi connectivity index (χ0n) is 9.36. The van der Waals surface area contributed by atoms with E-state index < -0.39 is 0 Å². The van der Waals surface area contributed by atoms with Crippen molar-refractivity contribution in [3.05, 3.63) is 0 Å². The molecule has 3 N–H and O–H groups in total. The molecule has 0 saturated carbocycles. The Hall–Kier alpha value is -0.610. The Morgan fingerprint density at radius 3 is 2.57 bits per heavy atom. The lowest BCUT2D eigenvalue weighted by Crippen LogP contribution is -2.40. The number of carbonyl (C=O) groups excluding carboxylic acids is 1. The zero-order valence-corrected chi connectivity index (χ0v) is 9.36. The van der Waals surface area contributed by atoms with Crippen LogP contribution in [0.4, 0.5) is 0 Å². The van der Waals surface area contributed by atoms with Crippen LogP contribution in [0.25, 0.3) is 0 Å². The second-order valence-corrected chi connectivity index (χ2v) is 3.79. The summed E-state index contributed by atoms with van der Waals surface area (Å²) in [5.74, 6) is 0.00694. The van der Waals surface area contributed by atoms with E-state index in [0.717, 1.165) is 12.8 Å². The molecule has 4 nitrogen and oxygen atoms in total. The first-order valence-corrected chi connectivity index (χ1v) is 5.15. The molecule has 0 bridgehead atoms. The molecule has 1 amide bonds. The molecule has 0 aromatic rings. The average Bonchev–Trinajstić information content (AvgIpc) is 2.15. The van der Waals surface area contributed by atoms with Crippen LogP contribution in [0.1, 0.15) is 33.1 Å². The number of aliphatic hydroxyl groups is 1. The molecule has 0 aliphatic heterocycles. The van der Waals surface area contributed by atoms with Crippen molar-refractivity contribution in [3.63, 3.8) is 0 Å². The van der Waals surface area contributed by atoms with Crippen LogP contribution in [0.5, 0.6) is 0 Å². The number of amides is 1. The third-order valence-corrected chi connectivity index (χ3v) is 2.42. The third-order valence-electron chi connectivity index (χ3n) is 2.42. The number of hydrogen-bond acceptors (Lipinski definition) is 3. The van der Waals surface area contributed by atoms with Gasteiger partial charge in [0.05, 0.1) is 12.6 Å². The van der Waals surface area contributed by atoms with Crippen molar-refractivity contribution >= 4 is 5.91 Å². The highest BCUT2D eigenvalue weighted by Crippen LogP contribution is 2.04. The normalized spacial score (nSPS) is 14.9. The van der Waals surface area contributed by atoms with Crippen LogP contribution in [0.15, 0.2) is 0 Å². The molecule has 2 unspecified atom stereocenters.